The van der Waals surface area contributed by atoms with Crippen molar-refractivity contribution in [1.82, 2.24) is 9.88 Å². The molecule has 1 atom stereocenters. The molecule has 1 aromatic heterocycles. The molecule has 2 aliphatic heterocycles. The number of ether oxygens (including phenoxy) is 2. The number of nitrogens with zero attached hydrogens (tertiary/aromatic N) is 1. The Labute approximate surface area is 206 Å². The van der Waals surface area contributed by atoms with Crippen LogP contribution in [0.1, 0.15) is 54.2 Å². The van der Waals surface area contributed by atoms with Gasteiger partial charge < -0.3 is 24.9 Å². The SMILES string of the molecule is Cc1c(NC(=O)c2ccc(OC[C@@H]3CCCO3)cc2)ccc2cc(CN3CCC(C)(O)CC3)[nH]c12. The molecule has 0 saturated carbocycles. The lowest BCUT2D eigenvalue weighted by atomic mass is 9.94. The van der Waals surface area contributed by atoms with Crippen molar-refractivity contribution < 1.29 is 19.4 Å². The third-order valence-corrected chi connectivity index (χ3v) is 7.26. The maximum Gasteiger partial charge on any atom is 0.255 e. The normalized spacial score (nSPS) is 20.3. The summed E-state index contributed by atoms with van der Waals surface area (Å²) in [5, 5.41) is 14.4. The van der Waals surface area contributed by atoms with E-state index in [1.54, 1.807) is 12.1 Å². The van der Waals surface area contributed by atoms with Gasteiger partial charge in [-0.25, -0.2) is 0 Å². The predicted octanol–water partition coefficient (Wildman–Crippen LogP) is 4.63. The molecular formula is C28H35N3O4. The van der Waals surface area contributed by atoms with Crippen molar-refractivity contribution in [2.75, 3.05) is 31.6 Å². The number of aryl methyl sites for hydroxylation is 1. The van der Waals surface area contributed by atoms with E-state index in [2.05, 4.69) is 21.3 Å². The standard InChI is InChI=1S/C28H35N3O4/c1-19-25(30-27(32)20-5-8-23(9-6-20)35-18-24-4-3-15-34-24)10-7-21-16-22(29-26(19)21)17-31-13-11-28(2,33)12-14-31/h5-10,16,24,29,33H,3-4,11-15,17-18H2,1-2H3,(H,30,32)/t24-/m0/s1. The van der Waals surface area contributed by atoms with Crippen LogP contribution in [-0.2, 0) is 11.3 Å². The summed E-state index contributed by atoms with van der Waals surface area (Å²) in [4.78, 5) is 18.8. The Morgan fingerprint density at radius 3 is 2.71 bits per heavy atom. The Hall–Kier alpha value is -2.87. The number of rotatable bonds is 7. The number of carbonyl (C=O) groups excluding carboxylic acids is 1. The van der Waals surface area contributed by atoms with Gasteiger partial charge in [-0.1, -0.05) is 6.07 Å². The Morgan fingerprint density at radius 2 is 2.00 bits per heavy atom. The lowest BCUT2D eigenvalue weighted by Gasteiger charge is -2.35. The van der Waals surface area contributed by atoms with E-state index in [0.29, 0.717) is 12.2 Å². The molecule has 3 aromatic rings. The quantitative estimate of drug-likeness (QED) is 0.462. The Morgan fingerprint density at radius 1 is 1.23 bits per heavy atom. The molecule has 35 heavy (non-hydrogen) atoms. The van der Waals surface area contributed by atoms with Crippen LogP contribution in [0.2, 0.25) is 0 Å². The number of carbonyl (C=O) groups is 1. The van der Waals surface area contributed by atoms with Crippen molar-refractivity contribution in [1.29, 1.82) is 0 Å². The van der Waals surface area contributed by atoms with Crippen molar-refractivity contribution in [3.8, 4) is 5.75 Å². The van der Waals surface area contributed by atoms with Crippen molar-refractivity contribution >= 4 is 22.5 Å². The summed E-state index contributed by atoms with van der Waals surface area (Å²) in [5.41, 5.74) is 4.04. The second kappa shape index (κ2) is 10.0. The van der Waals surface area contributed by atoms with E-state index < -0.39 is 5.60 Å². The Bertz CT molecular complexity index is 1170. The van der Waals surface area contributed by atoms with Crippen LogP contribution in [0.5, 0.6) is 5.75 Å². The van der Waals surface area contributed by atoms with Gasteiger partial charge in [-0.3, -0.25) is 9.69 Å². The van der Waals surface area contributed by atoms with E-state index in [-0.39, 0.29) is 12.0 Å². The maximum atomic E-state index is 12.9. The average molecular weight is 478 g/mol. The highest BCUT2D eigenvalue weighted by atomic mass is 16.5. The number of nitrogens with one attached hydrogen (secondary N) is 2. The van der Waals surface area contributed by atoms with Crippen molar-refractivity contribution in [3.05, 3.63) is 59.3 Å². The molecule has 0 spiro atoms. The van der Waals surface area contributed by atoms with Gasteiger partial charge >= 0.3 is 0 Å². The minimum absolute atomic E-state index is 0.148. The van der Waals surface area contributed by atoms with Crippen LogP contribution in [0.4, 0.5) is 5.69 Å². The summed E-state index contributed by atoms with van der Waals surface area (Å²) in [5.74, 6) is 0.594. The van der Waals surface area contributed by atoms with Crippen molar-refractivity contribution in [2.24, 2.45) is 0 Å². The molecule has 0 bridgehead atoms. The van der Waals surface area contributed by atoms with Crippen LogP contribution in [0.25, 0.3) is 10.9 Å². The molecule has 7 nitrogen and oxygen atoms in total. The fourth-order valence-electron chi connectivity index (χ4n) is 4.92. The highest BCUT2D eigenvalue weighted by Crippen LogP contribution is 2.28. The number of aliphatic hydroxyl groups is 1. The topological polar surface area (TPSA) is 86.8 Å². The van der Waals surface area contributed by atoms with E-state index in [1.807, 2.05) is 38.1 Å². The number of amides is 1. The summed E-state index contributed by atoms with van der Waals surface area (Å²) in [6, 6.07) is 13.4. The second-order valence-electron chi connectivity index (χ2n) is 10.2. The number of aromatic amines is 1. The van der Waals surface area contributed by atoms with Crippen LogP contribution in [-0.4, -0.2) is 58.9 Å². The molecule has 186 valence electrons. The largest absolute Gasteiger partial charge is 0.491 e. The zero-order valence-corrected chi connectivity index (χ0v) is 20.6. The van der Waals surface area contributed by atoms with E-state index in [4.69, 9.17) is 9.47 Å². The smallest absolute Gasteiger partial charge is 0.255 e. The molecule has 2 aromatic carbocycles. The van der Waals surface area contributed by atoms with Crippen LogP contribution >= 0.6 is 0 Å². The zero-order valence-electron chi connectivity index (χ0n) is 20.6. The van der Waals surface area contributed by atoms with Gasteiger partial charge in [0, 0.05) is 48.6 Å². The van der Waals surface area contributed by atoms with Gasteiger partial charge in [-0.15, -0.1) is 0 Å². The number of fused-ring (bicyclic) bond motifs is 1. The van der Waals surface area contributed by atoms with E-state index in [0.717, 1.165) is 85.5 Å². The van der Waals surface area contributed by atoms with E-state index in [1.165, 1.54) is 0 Å². The lowest BCUT2D eigenvalue weighted by molar-refractivity contribution is -0.00753. The number of piperidine rings is 1. The number of hydrogen-bond donors (Lipinski definition) is 3. The minimum atomic E-state index is -0.543. The van der Waals surface area contributed by atoms with Gasteiger partial charge in [0.05, 0.1) is 17.2 Å². The summed E-state index contributed by atoms with van der Waals surface area (Å²) in [6.07, 6.45) is 3.88. The van der Waals surface area contributed by atoms with Gasteiger partial charge in [-0.05, 0) is 81.5 Å². The molecule has 2 fully saturated rings. The first kappa shape index (κ1) is 23.9. The third kappa shape index (κ3) is 5.69. The number of aromatic nitrogens is 1. The fourth-order valence-corrected chi connectivity index (χ4v) is 4.92. The zero-order chi connectivity index (χ0) is 24.4. The van der Waals surface area contributed by atoms with Gasteiger partial charge in [0.15, 0.2) is 0 Å². The monoisotopic (exact) mass is 477 g/mol. The molecule has 2 aliphatic rings. The molecule has 3 N–H and O–H groups in total. The molecule has 5 rings (SSSR count). The number of hydrogen-bond acceptors (Lipinski definition) is 5. The van der Waals surface area contributed by atoms with Crippen LogP contribution in [0.3, 0.4) is 0 Å². The lowest BCUT2D eigenvalue weighted by Crippen LogP contribution is -2.41. The van der Waals surface area contributed by atoms with Gasteiger partial charge in [0.25, 0.3) is 5.91 Å². The van der Waals surface area contributed by atoms with E-state index in [9.17, 15) is 9.90 Å². The molecule has 2 saturated heterocycles. The van der Waals surface area contributed by atoms with E-state index >= 15 is 0 Å². The highest BCUT2D eigenvalue weighted by Gasteiger charge is 2.27. The molecule has 0 aliphatic carbocycles. The average Bonchev–Trinajstić information content (AvgIpc) is 3.51. The van der Waals surface area contributed by atoms with Crippen molar-refractivity contribution in [3.63, 3.8) is 0 Å². The first-order valence-electron chi connectivity index (χ1n) is 12.6. The Kier molecular flexibility index (Phi) is 6.82. The summed E-state index contributed by atoms with van der Waals surface area (Å²) < 4.78 is 11.4. The first-order valence-corrected chi connectivity index (χ1v) is 12.6. The van der Waals surface area contributed by atoms with Gasteiger partial charge in [-0.2, -0.15) is 0 Å². The molecule has 0 unspecified atom stereocenters. The number of H-pyrrole nitrogens is 1. The van der Waals surface area contributed by atoms with Crippen LogP contribution < -0.4 is 10.1 Å². The van der Waals surface area contributed by atoms with Crippen LogP contribution in [0, 0.1) is 6.92 Å². The highest BCUT2D eigenvalue weighted by molar-refractivity contribution is 6.06. The van der Waals surface area contributed by atoms with Gasteiger partial charge in [0.1, 0.15) is 12.4 Å². The number of anilines is 1. The first-order chi connectivity index (χ1) is 16.9. The predicted molar refractivity (Wildman–Crippen MR) is 137 cm³/mol. The van der Waals surface area contributed by atoms with Crippen molar-refractivity contribution in [2.45, 2.75) is 57.8 Å². The molecule has 3 heterocycles. The second-order valence-corrected chi connectivity index (χ2v) is 10.2. The molecule has 7 heteroatoms. The molecular weight excluding hydrogens is 442 g/mol. The molecule has 1 amide bonds. The van der Waals surface area contributed by atoms with Gasteiger partial charge in [0.2, 0.25) is 0 Å². The summed E-state index contributed by atoms with van der Waals surface area (Å²) >= 11 is 0. The minimum Gasteiger partial charge on any atom is -0.491 e. The van der Waals surface area contributed by atoms with Crippen LogP contribution in [0.15, 0.2) is 42.5 Å². The summed E-state index contributed by atoms with van der Waals surface area (Å²) in [7, 11) is 0. The number of benzene rings is 2. The Balaban J connectivity index is 1.21. The third-order valence-electron chi connectivity index (χ3n) is 7.26. The maximum absolute atomic E-state index is 12.9. The molecule has 0 radical (unpaired) electrons. The summed E-state index contributed by atoms with van der Waals surface area (Å²) in [6.45, 7) is 7.90. The number of likely N-dealkylation sites (tertiary alicyclic amines) is 1. The fraction of sp³-hybridized carbons (Fsp3) is 0.464.